The van der Waals surface area contributed by atoms with E-state index in [1.54, 1.807) is 0 Å². The van der Waals surface area contributed by atoms with Gasteiger partial charge < -0.3 is 15.5 Å². The maximum atomic E-state index is 5.54. The average Bonchev–Trinajstić information content (AvgIpc) is 2.30. The average molecular weight is 239 g/mol. The summed E-state index contributed by atoms with van der Waals surface area (Å²) in [5.41, 5.74) is 3.53. The van der Waals surface area contributed by atoms with Crippen LogP contribution in [0.25, 0.3) is 0 Å². The van der Waals surface area contributed by atoms with Crippen LogP contribution < -0.4 is 16.6 Å². The summed E-state index contributed by atoms with van der Waals surface area (Å²) in [6.45, 7) is 3.17. The number of hydrogen-bond acceptors (Lipinski definition) is 3. The topological polar surface area (TPSA) is 59.3 Å². The molecule has 88 valence electrons. The molecule has 5 heteroatoms. The summed E-state index contributed by atoms with van der Waals surface area (Å²) >= 11 is 4.87. The van der Waals surface area contributed by atoms with E-state index < -0.39 is 0 Å². The van der Waals surface area contributed by atoms with E-state index in [-0.39, 0.29) is 6.04 Å². The predicted octanol–water partition coefficient (Wildman–Crippen LogP) is 0.929. The van der Waals surface area contributed by atoms with Gasteiger partial charge >= 0.3 is 0 Å². The van der Waals surface area contributed by atoms with Crippen molar-refractivity contribution in [3.05, 3.63) is 35.9 Å². The maximum Gasteiger partial charge on any atom is 0.180 e. The van der Waals surface area contributed by atoms with Crippen LogP contribution in [-0.4, -0.2) is 17.8 Å². The Morgan fingerprint density at radius 3 is 2.75 bits per heavy atom. The van der Waals surface area contributed by atoms with Gasteiger partial charge in [0.25, 0.3) is 0 Å². The minimum absolute atomic E-state index is 0.132. The standard InChI is InChI=1S/C11H17N3OS/c1-9(13-11(16)14-12)7-15-8-10-5-3-2-4-6-10/h2-6,9H,7-8,12H2,1H3,(H2,13,14,16). The molecule has 4 nitrogen and oxygen atoms in total. The highest BCUT2D eigenvalue weighted by atomic mass is 32.1. The van der Waals surface area contributed by atoms with Gasteiger partial charge in [-0.05, 0) is 24.7 Å². The van der Waals surface area contributed by atoms with E-state index in [9.17, 15) is 0 Å². The van der Waals surface area contributed by atoms with Crippen molar-refractivity contribution < 1.29 is 4.74 Å². The Labute approximate surface area is 101 Å². The van der Waals surface area contributed by atoms with Gasteiger partial charge in [-0.1, -0.05) is 30.3 Å². The third-order valence-electron chi connectivity index (χ3n) is 1.99. The molecule has 0 aliphatic carbocycles. The third kappa shape index (κ3) is 5.06. The SMILES string of the molecule is CC(COCc1ccccc1)NC(=S)NN. The van der Waals surface area contributed by atoms with Gasteiger partial charge in [0.15, 0.2) is 5.11 Å². The van der Waals surface area contributed by atoms with Gasteiger partial charge in [0.2, 0.25) is 0 Å². The first kappa shape index (κ1) is 12.9. The van der Waals surface area contributed by atoms with Crippen molar-refractivity contribution in [1.29, 1.82) is 0 Å². The van der Waals surface area contributed by atoms with Gasteiger partial charge in [0.05, 0.1) is 13.2 Å². The summed E-state index contributed by atoms with van der Waals surface area (Å²) in [6.07, 6.45) is 0. The summed E-state index contributed by atoms with van der Waals surface area (Å²) in [5, 5.41) is 3.41. The molecular weight excluding hydrogens is 222 g/mol. The molecule has 0 amide bonds. The minimum Gasteiger partial charge on any atom is -0.375 e. The first-order valence-corrected chi connectivity index (χ1v) is 5.52. The number of nitrogens with two attached hydrogens (primary N) is 1. The summed E-state index contributed by atoms with van der Waals surface area (Å²) in [7, 11) is 0. The Hall–Kier alpha value is -1.17. The molecule has 0 aromatic heterocycles. The zero-order chi connectivity index (χ0) is 11.8. The van der Waals surface area contributed by atoms with Crippen LogP contribution in [-0.2, 0) is 11.3 Å². The van der Waals surface area contributed by atoms with Gasteiger partial charge in [0.1, 0.15) is 0 Å². The molecule has 16 heavy (non-hydrogen) atoms. The van der Waals surface area contributed by atoms with E-state index in [0.717, 1.165) is 5.56 Å². The maximum absolute atomic E-state index is 5.54. The fourth-order valence-electron chi connectivity index (χ4n) is 1.23. The molecular formula is C11H17N3OS. The van der Waals surface area contributed by atoms with Gasteiger partial charge in [-0.3, -0.25) is 0 Å². The number of ether oxygens (including phenoxy) is 1. The quantitative estimate of drug-likeness (QED) is 0.405. The molecule has 4 N–H and O–H groups in total. The van der Waals surface area contributed by atoms with Crippen LogP contribution in [0.4, 0.5) is 0 Å². The highest BCUT2D eigenvalue weighted by Crippen LogP contribution is 2.00. The second kappa shape index (κ2) is 7.16. The normalized spacial score (nSPS) is 11.9. The van der Waals surface area contributed by atoms with E-state index in [4.69, 9.17) is 22.8 Å². The summed E-state index contributed by atoms with van der Waals surface area (Å²) in [5.74, 6) is 5.15. The number of rotatable bonds is 5. The van der Waals surface area contributed by atoms with Crippen LogP contribution in [0.15, 0.2) is 30.3 Å². The highest BCUT2D eigenvalue weighted by Gasteiger charge is 2.02. The molecule has 0 aliphatic heterocycles. The van der Waals surface area contributed by atoms with Crippen LogP contribution in [0.5, 0.6) is 0 Å². The number of thiocarbonyl (C=S) groups is 1. The number of benzene rings is 1. The molecule has 1 aromatic rings. The molecule has 0 saturated carbocycles. The second-order valence-electron chi connectivity index (χ2n) is 3.52. The van der Waals surface area contributed by atoms with E-state index >= 15 is 0 Å². The van der Waals surface area contributed by atoms with E-state index in [1.165, 1.54) is 0 Å². The fraction of sp³-hybridized carbons (Fsp3) is 0.364. The Kier molecular flexibility index (Phi) is 5.77. The third-order valence-corrected chi connectivity index (χ3v) is 2.22. The monoisotopic (exact) mass is 239 g/mol. The minimum atomic E-state index is 0.132. The Bertz CT molecular complexity index is 318. The second-order valence-corrected chi connectivity index (χ2v) is 3.93. The first-order valence-electron chi connectivity index (χ1n) is 5.11. The zero-order valence-electron chi connectivity index (χ0n) is 9.27. The first-order chi connectivity index (χ1) is 7.72. The van der Waals surface area contributed by atoms with Crippen LogP contribution in [0.2, 0.25) is 0 Å². The lowest BCUT2D eigenvalue weighted by Gasteiger charge is -2.15. The van der Waals surface area contributed by atoms with E-state index in [1.807, 2.05) is 37.3 Å². The van der Waals surface area contributed by atoms with E-state index in [2.05, 4.69) is 10.7 Å². The van der Waals surface area contributed by atoms with Gasteiger partial charge in [-0.15, -0.1) is 0 Å². The Morgan fingerprint density at radius 2 is 2.12 bits per heavy atom. The van der Waals surface area contributed by atoms with Crippen LogP contribution in [0, 0.1) is 0 Å². The van der Waals surface area contributed by atoms with Gasteiger partial charge in [0, 0.05) is 6.04 Å². The smallest absolute Gasteiger partial charge is 0.180 e. The molecule has 1 unspecified atom stereocenters. The lowest BCUT2D eigenvalue weighted by Crippen LogP contribution is -2.45. The summed E-state index contributed by atoms with van der Waals surface area (Å²) in [6, 6.07) is 10.2. The molecule has 0 fully saturated rings. The van der Waals surface area contributed by atoms with Crippen molar-refractivity contribution in [2.45, 2.75) is 19.6 Å². The zero-order valence-corrected chi connectivity index (χ0v) is 10.1. The van der Waals surface area contributed by atoms with Crippen molar-refractivity contribution in [3.63, 3.8) is 0 Å². The molecule has 1 atom stereocenters. The van der Waals surface area contributed by atoms with Crippen LogP contribution >= 0.6 is 12.2 Å². The number of hydrogen-bond donors (Lipinski definition) is 3. The lowest BCUT2D eigenvalue weighted by molar-refractivity contribution is 0.107. The van der Waals surface area contributed by atoms with E-state index in [0.29, 0.717) is 18.3 Å². The number of nitrogens with one attached hydrogen (secondary N) is 2. The fourth-order valence-corrected chi connectivity index (χ4v) is 1.44. The molecule has 0 bridgehead atoms. The molecule has 1 rings (SSSR count). The van der Waals surface area contributed by atoms with Crippen molar-refractivity contribution in [1.82, 2.24) is 10.7 Å². The van der Waals surface area contributed by atoms with Crippen molar-refractivity contribution in [2.75, 3.05) is 6.61 Å². The predicted molar refractivity (Wildman–Crippen MR) is 68.6 cm³/mol. The Morgan fingerprint density at radius 1 is 1.44 bits per heavy atom. The Balaban J connectivity index is 2.18. The van der Waals surface area contributed by atoms with Crippen molar-refractivity contribution >= 4 is 17.3 Å². The molecule has 0 spiro atoms. The lowest BCUT2D eigenvalue weighted by atomic mass is 10.2. The molecule has 0 saturated heterocycles. The largest absolute Gasteiger partial charge is 0.375 e. The molecule has 0 aliphatic rings. The summed E-state index contributed by atoms with van der Waals surface area (Å²) in [4.78, 5) is 0. The molecule has 0 heterocycles. The summed E-state index contributed by atoms with van der Waals surface area (Å²) < 4.78 is 5.54. The molecule has 1 aromatic carbocycles. The van der Waals surface area contributed by atoms with Crippen LogP contribution in [0.3, 0.4) is 0 Å². The molecule has 0 radical (unpaired) electrons. The van der Waals surface area contributed by atoms with Gasteiger partial charge in [-0.2, -0.15) is 0 Å². The number of hydrazine groups is 1. The van der Waals surface area contributed by atoms with Gasteiger partial charge in [-0.25, -0.2) is 5.84 Å². The van der Waals surface area contributed by atoms with Crippen molar-refractivity contribution in [2.24, 2.45) is 5.84 Å². The van der Waals surface area contributed by atoms with Crippen molar-refractivity contribution in [3.8, 4) is 0 Å². The highest BCUT2D eigenvalue weighted by molar-refractivity contribution is 7.80. The van der Waals surface area contributed by atoms with Crippen LogP contribution in [0.1, 0.15) is 12.5 Å².